The Hall–Kier alpha value is -0.890. The lowest BCUT2D eigenvalue weighted by atomic mass is 9.65. The Kier molecular flexibility index (Phi) is 7.32. The van der Waals surface area contributed by atoms with E-state index in [1.54, 1.807) is 0 Å². The van der Waals surface area contributed by atoms with Crippen molar-refractivity contribution in [1.29, 1.82) is 0 Å². The Labute approximate surface area is 177 Å². The predicted octanol–water partition coefficient (Wildman–Crippen LogP) is 7.60. The van der Waals surface area contributed by atoms with Gasteiger partial charge < -0.3 is 4.74 Å². The third kappa shape index (κ3) is 4.89. The molecule has 2 saturated carbocycles. The standard InChI is InChI=1S/C27H41FO/c1-3-5-6-7-19-8-14-25-22(16-19)12-15-26(27(25)28)23-10-9-21-18-24(29-4-2)13-11-20(21)17-23/h12,15,19-21,23-24H,3-11,13-14,16-18H2,1-2H3. The molecule has 162 valence electrons. The van der Waals surface area contributed by atoms with Gasteiger partial charge in [-0.05, 0) is 105 Å². The maximum absolute atomic E-state index is 15.5. The minimum Gasteiger partial charge on any atom is -0.378 e. The van der Waals surface area contributed by atoms with E-state index in [0.717, 1.165) is 54.7 Å². The second-order valence-electron chi connectivity index (χ2n) is 10.1. The van der Waals surface area contributed by atoms with E-state index in [4.69, 9.17) is 4.74 Å². The van der Waals surface area contributed by atoms with Crippen molar-refractivity contribution in [1.82, 2.24) is 0 Å². The molecule has 5 unspecified atom stereocenters. The lowest BCUT2D eigenvalue weighted by Gasteiger charge is -2.42. The summed E-state index contributed by atoms with van der Waals surface area (Å²) in [5.41, 5.74) is 3.42. The molecule has 0 saturated heterocycles. The number of rotatable bonds is 7. The first-order chi connectivity index (χ1) is 14.2. The van der Waals surface area contributed by atoms with Crippen molar-refractivity contribution >= 4 is 0 Å². The van der Waals surface area contributed by atoms with Crippen molar-refractivity contribution in [2.45, 2.75) is 109 Å². The molecule has 29 heavy (non-hydrogen) atoms. The van der Waals surface area contributed by atoms with Crippen molar-refractivity contribution < 1.29 is 9.13 Å². The Bertz CT molecular complexity index is 669. The summed E-state index contributed by atoms with van der Waals surface area (Å²) in [5.74, 6) is 2.97. The zero-order valence-electron chi connectivity index (χ0n) is 18.7. The third-order valence-electron chi connectivity index (χ3n) is 8.30. The molecule has 0 amide bonds. The maximum atomic E-state index is 15.5. The number of ether oxygens (including phenoxy) is 1. The second kappa shape index (κ2) is 9.94. The largest absolute Gasteiger partial charge is 0.378 e. The molecule has 0 aliphatic heterocycles. The van der Waals surface area contributed by atoms with Gasteiger partial charge >= 0.3 is 0 Å². The molecule has 2 fully saturated rings. The SMILES string of the molecule is CCCCCC1CCc2c(ccc(C3CCC4CC(OCC)CCC4C3)c2F)C1. The van der Waals surface area contributed by atoms with Crippen molar-refractivity contribution in [2.75, 3.05) is 6.61 Å². The summed E-state index contributed by atoms with van der Waals surface area (Å²) in [6.45, 7) is 5.21. The third-order valence-corrected chi connectivity index (χ3v) is 8.30. The van der Waals surface area contributed by atoms with Crippen LogP contribution in [0.5, 0.6) is 0 Å². The quantitative estimate of drug-likeness (QED) is 0.428. The van der Waals surface area contributed by atoms with Gasteiger partial charge in [0.2, 0.25) is 0 Å². The van der Waals surface area contributed by atoms with Gasteiger partial charge in [0, 0.05) is 6.61 Å². The van der Waals surface area contributed by atoms with Crippen LogP contribution in [0.1, 0.15) is 107 Å². The summed E-state index contributed by atoms with van der Waals surface area (Å²) in [4.78, 5) is 0. The van der Waals surface area contributed by atoms with Gasteiger partial charge in [0.15, 0.2) is 0 Å². The van der Waals surface area contributed by atoms with Crippen molar-refractivity contribution in [2.24, 2.45) is 17.8 Å². The number of hydrogen-bond acceptors (Lipinski definition) is 1. The highest BCUT2D eigenvalue weighted by Crippen LogP contribution is 2.47. The van der Waals surface area contributed by atoms with Crippen LogP contribution in [0.25, 0.3) is 0 Å². The fourth-order valence-electron chi connectivity index (χ4n) is 6.66. The molecule has 1 aromatic rings. The first-order valence-corrected chi connectivity index (χ1v) is 12.6. The molecule has 0 aromatic heterocycles. The van der Waals surface area contributed by atoms with E-state index in [1.165, 1.54) is 69.8 Å². The van der Waals surface area contributed by atoms with Gasteiger partial charge in [-0.15, -0.1) is 0 Å². The smallest absolute Gasteiger partial charge is 0.130 e. The molecule has 4 rings (SSSR count). The fourth-order valence-corrected chi connectivity index (χ4v) is 6.66. The molecule has 3 aliphatic carbocycles. The molecule has 3 aliphatic rings. The summed E-state index contributed by atoms with van der Waals surface area (Å²) in [6.07, 6.45) is 16.3. The van der Waals surface area contributed by atoms with Gasteiger partial charge in [0.05, 0.1) is 6.10 Å². The van der Waals surface area contributed by atoms with Crippen molar-refractivity contribution in [3.63, 3.8) is 0 Å². The monoisotopic (exact) mass is 400 g/mol. The van der Waals surface area contributed by atoms with Crippen molar-refractivity contribution in [3.05, 3.63) is 34.6 Å². The van der Waals surface area contributed by atoms with E-state index in [-0.39, 0.29) is 5.82 Å². The van der Waals surface area contributed by atoms with Gasteiger partial charge in [-0.2, -0.15) is 0 Å². The van der Waals surface area contributed by atoms with Crippen LogP contribution in [0.2, 0.25) is 0 Å². The summed E-state index contributed by atoms with van der Waals surface area (Å²) in [5, 5.41) is 0. The van der Waals surface area contributed by atoms with Gasteiger partial charge in [-0.1, -0.05) is 44.7 Å². The highest BCUT2D eigenvalue weighted by atomic mass is 19.1. The molecular formula is C27H41FO. The average molecular weight is 401 g/mol. The molecular weight excluding hydrogens is 359 g/mol. The van der Waals surface area contributed by atoms with E-state index >= 15 is 4.39 Å². The lowest BCUT2D eigenvalue weighted by molar-refractivity contribution is -0.00969. The predicted molar refractivity (Wildman–Crippen MR) is 119 cm³/mol. The molecule has 0 heterocycles. The Morgan fingerprint density at radius 1 is 0.966 bits per heavy atom. The van der Waals surface area contributed by atoms with E-state index in [2.05, 4.69) is 26.0 Å². The van der Waals surface area contributed by atoms with E-state index in [1.807, 2.05) is 0 Å². The Morgan fingerprint density at radius 3 is 2.62 bits per heavy atom. The second-order valence-corrected chi connectivity index (χ2v) is 10.1. The Balaban J connectivity index is 1.39. The zero-order valence-corrected chi connectivity index (χ0v) is 18.7. The number of halogens is 1. The molecule has 0 bridgehead atoms. The highest BCUT2D eigenvalue weighted by molar-refractivity contribution is 5.38. The van der Waals surface area contributed by atoms with E-state index in [9.17, 15) is 0 Å². The normalized spacial score (nSPS) is 31.9. The summed E-state index contributed by atoms with van der Waals surface area (Å²) in [7, 11) is 0. The topological polar surface area (TPSA) is 9.23 Å². The number of hydrogen-bond donors (Lipinski definition) is 0. The van der Waals surface area contributed by atoms with E-state index < -0.39 is 0 Å². The average Bonchev–Trinajstić information content (AvgIpc) is 2.74. The first kappa shape index (κ1) is 21.3. The summed E-state index contributed by atoms with van der Waals surface area (Å²) < 4.78 is 21.4. The minimum absolute atomic E-state index is 0.168. The number of benzene rings is 1. The maximum Gasteiger partial charge on any atom is 0.130 e. The summed E-state index contributed by atoms with van der Waals surface area (Å²) in [6, 6.07) is 4.46. The van der Waals surface area contributed by atoms with Crippen LogP contribution in [0.15, 0.2) is 12.1 Å². The molecule has 0 radical (unpaired) electrons. The van der Waals surface area contributed by atoms with Gasteiger partial charge in [0.25, 0.3) is 0 Å². The molecule has 1 aromatic carbocycles. The van der Waals surface area contributed by atoms with Crippen LogP contribution in [0.4, 0.5) is 4.39 Å². The van der Waals surface area contributed by atoms with Crippen LogP contribution in [-0.2, 0) is 17.6 Å². The zero-order chi connectivity index (χ0) is 20.2. The lowest BCUT2D eigenvalue weighted by Crippen LogP contribution is -2.34. The molecule has 0 N–H and O–H groups in total. The van der Waals surface area contributed by atoms with Crippen LogP contribution >= 0.6 is 0 Å². The molecule has 1 nitrogen and oxygen atoms in total. The number of unbranched alkanes of at least 4 members (excludes halogenated alkanes) is 2. The minimum atomic E-state index is 0.168. The first-order valence-electron chi connectivity index (χ1n) is 12.6. The molecule has 5 atom stereocenters. The van der Waals surface area contributed by atoms with Crippen LogP contribution in [0, 0.1) is 23.6 Å². The van der Waals surface area contributed by atoms with Crippen LogP contribution in [-0.4, -0.2) is 12.7 Å². The highest BCUT2D eigenvalue weighted by Gasteiger charge is 2.37. The van der Waals surface area contributed by atoms with Crippen LogP contribution in [0.3, 0.4) is 0 Å². The van der Waals surface area contributed by atoms with Crippen LogP contribution < -0.4 is 0 Å². The Morgan fingerprint density at radius 2 is 1.79 bits per heavy atom. The molecule has 0 spiro atoms. The van der Waals surface area contributed by atoms with Gasteiger partial charge in [-0.25, -0.2) is 4.39 Å². The van der Waals surface area contributed by atoms with E-state index in [0.29, 0.717) is 12.0 Å². The molecule has 2 heteroatoms. The summed E-state index contributed by atoms with van der Waals surface area (Å²) >= 11 is 0. The van der Waals surface area contributed by atoms with Gasteiger partial charge in [-0.3, -0.25) is 0 Å². The van der Waals surface area contributed by atoms with Crippen molar-refractivity contribution in [3.8, 4) is 0 Å². The van der Waals surface area contributed by atoms with Gasteiger partial charge in [0.1, 0.15) is 5.82 Å². The number of fused-ring (bicyclic) bond motifs is 2. The fraction of sp³-hybridized carbons (Fsp3) is 0.778.